The van der Waals surface area contributed by atoms with Gasteiger partial charge in [0.1, 0.15) is 0 Å². The van der Waals surface area contributed by atoms with E-state index in [1.807, 2.05) is 6.92 Å². The van der Waals surface area contributed by atoms with E-state index in [0.717, 1.165) is 19.4 Å². The molecule has 3 unspecified atom stereocenters. The lowest BCUT2D eigenvalue weighted by Gasteiger charge is -2.57. The highest BCUT2D eigenvalue weighted by Gasteiger charge is 2.62. The van der Waals surface area contributed by atoms with Crippen LogP contribution in [0.1, 0.15) is 33.6 Å². The quantitative estimate of drug-likeness (QED) is 0.741. The van der Waals surface area contributed by atoms with Crippen molar-refractivity contribution < 1.29 is 13.2 Å². The van der Waals surface area contributed by atoms with Gasteiger partial charge in [0.25, 0.3) is 9.24 Å². The molecule has 0 aromatic rings. The van der Waals surface area contributed by atoms with Crippen LogP contribution in [0, 0.1) is 11.3 Å². The number of hydrogen-bond acceptors (Lipinski definition) is 3. The number of halogens is 1. The fourth-order valence-corrected chi connectivity index (χ4v) is 5.05. The molecule has 0 spiro atoms. The molecule has 4 nitrogen and oxygen atoms in total. The summed E-state index contributed by atoms with van der Waals surface area (Å²) in [6, 6.07) is -0.0163. The highest BCUT2D eigenvalue weighted by molar-refractivity contribution is 8.11. The predicted molar refractivity (Wildman–Crippen MR) is 67.2 cm³/mol. The van der Waals surface area contributed by atoms with Gasteiger partial charge in [-0.3, -0.25) is 0 Å². The molecule has 0 aromatic carbocycles. The monoisotopic (exact) mass is 281 g/mol. The highest BCUT2D eigenvalue weighted by atomic mass is 35.7. The van der Waals surface area contributed by atoms with Crippen LogP contribution in [0.5, 0.6) is 0 Å². The Morgan fingerprint density at radius 3 is 2.65 bits per heavy atom. The van der Waals surface area contributed by atoms with Crippen molar-refractivity contribution in [3.05, 3.63) is 0 Å². The summed E-state index contributed by atoms with van der Waals surface area (Å²) in [5.74, 6) is 0.310. The molecule has 3 atom stereocenters. The first-order chi connectivity index (χ1) is 7.80. The third kappa shape index (κ3) is 2.11. The maximum absolute atomic E-state index is 11.7. The molecular formula is C11H20ClNO3S. The lowest BCUT2D eigenvalue weighted by molar-refractivity contribution is -0.135. The minimum atomic E-state index is -3.65. The maximum Gasteiger partial charge on any atom is 0.300 e. The molecule has 0 N–H and O–H groups in total. The molecule has 0 bridgehead atoms. The third-order valence-corrected chi connectivity index (χ3v) is 5.57. The second-order valence-corrected chi connectivity index (χ2v) is 8.03. The van der Waals surface area contributed by atoms with E-state index in [1.165, 1.54) is 4.31 Å². The Morgan fingerprint density at radius 1 is 1.47 bits per heavy atom. The zero-order chi connectivity index (χ0) is 12.8. The molecule has 1 aliphatic heterocycles. The second kappa shape index (κ2) is 4.37. The molecule has 0 radical (unpaired) electrons. The first-order valence-corrected chi connectivity index (χ1v) is 8.39. The average molecular weight is 282 g/mol. The fraction of sp³-hybridized carbons (Fsp3) is 1.00. The number of rotatable bonds is 4. The number of fused-ring (bicyclic) bond motifs is 1. The van der Waals surface area contributed by atoms with Gasteiger partial charge in [-0.25, -0.2) is 0 Å². The van der Waals surface area contributed by atoms with Crippen molar-refractivity contribution in [2.24, 2.45) is 11.3 Å². The summed E-state index contributed by atoms with van der Waals surface area (Å²) in [6.45, 7) is 7.31. The van der Waals surface area contributed by atoms with Crippen molar-refractivity contribution in [2.75, 3.05) is 13.2 Å². The molecule has 6 heteroatoms. The van der Waals surface area contributed by atoms with Gasteiger partial charge in [0, 0.05) is 41.2 Å². The summed E-state index contributed by atoms with van der Waals surface area (Å²) in [5.41, 5.74) is -0.141. The van der Waals surface area contributed by atoms with E-state index in [1.54, 1.807) is 0 Å². The Morgan fingerprint density at radius 2 is 2.12 bits per heavy atom. The Labute approximate surface area is 108 Å². The first-order valence-electron chi connectivity index (χ1n) is 6.13. The molecule has 17 heavy (non-hydrogen) atoms. The Balaban J connectivity index is 2.25. The largest absolute Gasteiger partial charge is 0.377 e. The zero-order valence-corrected chi connectivity index (χ0v) is 12.1. The normalized spacial score (nSPS) is 35.7. The minimum absolute atomic E-state index is 0.0163. The van der Waals surface area contributed by atoms with E-state index >= 15 is 0 Å². The van der Waals surface area contributed by atoms with Gasteiger partial charge < -0.3 is 4.74 Å². The molecule has 2 rings (SSSR count). The number of ether oxygens (including phenoxy) is 1. The van der Waals surface area contributed by atoms with Gasteiger partial charge in [-0.2, -0.15) is 12.7 Å². The molecule has 1 heterocycles. The molecule has 2 aliphatic rings. The van der Waals surface area contributed by atoms with Crippen LogP contribution < -0.4 is 0 Å². The zero-order valence-electron chi connectivity index (χ0n) is 10.5. The van der Waals surface area contributed by atoms with E-state index in [-0.39, 0.29) is 17.6 Å². The van der Waals surface area contributed by atoms with Crippen LogP contribution in [0.2, 0.25) is 0 Å². The topological polar surface area (TPSA) is 46.6 Å². The lowest BCUT2D eigenvalue weighted by atomic mass is 9.57. The summed E-state index contributed by atoms with van der Waals surface area (Å²) in [5, 5.41) is 0. The Bertz CT molecular complexity index is 396. The van der Waals surface area contributed by atoms with Gasteiger partial charge in [0.2, 0.25) is 0 Å². The number of hydrogen-bond donors (Lipinski definition) is 0. The van der Waals surface area contributed by atoms with Gasteiger partial charge in [-0.1, -0.05) is 20.8 Å². The smallest absolute Gasteiger partial charge is 0.300 e. The Kier molecular flexibility index (Phi) is 3.49. The molecule has 100 valence electrons. The van der Waals surface area contributed by atoms with E-state index in [4.69, 9.17) is 15.4 Å². The van der Waals surface area contributed by atoms with Crippen molar-refractivity contribution >= 4 is 19.9 Å². The standard InChI is InChI=1S/C11H20ClNO3S/c1-4-6-13(17(12,14)15)9-8-5-7-16-10(8)11(9,2)3/h8-10H,4-7H2,1-3H3. The van der Waals surface area contributed by atoms with E-state index in [9.17, 15) is 8.42 Å². The fourth-order valence-electron chi connectivity index (χ4n) is 3.49. The molecule has 1 aliphatic carbocycles. The first kappa shape index (κ1) is 13.6. The van der Waals surface area contributed by atoms with E-state index < -0.39 is 9.24 Å². The minimum Gasteiger partial charge on any atom is -0.377 e. The van der Waals surface area contributed by atoms with Crippen LogP contribution in [0.3, 0.4) is 0 Å². The van der Waals surface area contributed by atoms with Gasteiger partial charge in [-0.05, 0) is 12.8 Å². The summed E-state index contributed by atoms with van der Waals surface area (Å²) in [4.78, 5) is 0. The molecule has 2 fully saturated rings. The van der Waals surface area contributed by atoms with Crippen LogP contribution in [0.4, 0.5) is 0 Å². The van der Waals surface area contributed by atoms with Crippen molar-refractivity contribution in [3.63, 3.8) is 0 Å². The summed E-state index contributed by atoms with van der Waals surface area (Å²) < 4.78 is 30.5. The molecular weight excluding hydrogens is 262 g/mol. The van der Waals surface area contributed by atoms with Gasteiger partial charge in [0.05, 0.1) is 6.10 Å². The van der Waals surface area contributed by atoms with Crippen LogP contribution in [-0.2, 0) is 14.0 Å². The van der Waals surface area contributed by atoms with Crippen LogP contribution in [-0.4, -0.2) is 38.0 Å². The second-order valence-electron chi connectivity index (χ2n) is 5.56. The Hall–Kier alpha value is 0.160. The van der Waals surface area contributed by atoms with Gasteiger partial charge in [-0.15, -0.1) is 0 Å². The summed E-state index contributed by atoms with van der Waals surface area (Å²) in [7, 11) is 1.91. The van der Waals surface area contributed by atoms with Crippen LogP contribution in [0.15, 0.2) is 0 Å². The molecule has 0 amide bonds. The third-order valence-electron chi connectivity index (χ3n) is 4.07. The van der Waals surface area contributed by atoms with Crippen molar-refractivity contribution in [3.8, 4) is 0 Å². The van der Waals surface area contributed by atoms with Crippen molar-refractivity contribution in [2.45, 2.75) is 45.8 Å². The predicted octanol–water partition coefficient (Wildman–Crippen LogP) is 2.00. The molecule has 0 aromatic heterocycles. The maximum atomic E-state index is 11.7. The van der Waals surface area contributed by atoms with Crippen LogP contribution in [0.25, 0.3) is 0 Å². The van der Waals surface area contributed by atoms with Crippen molar-refractivity contribution in [1.29, 1.82) is 0 Å². The van der Waals surface area contributed by atoms with Crippen molar-refractivity contribution in [1.82, 2.24) is 4.31 Å². The van der Waals surface area contributed by atoms with Gasteiger partial charge in [0.15, 0.2) is 0 Å². The van der Waals surface area contributed by atoms with E-state index in [0.29, 0.717) is 12.5 Å². The summed E-state index contributed by atoms with van der Waals surface area (Å²) in [6.07, 6.45) is 1.90. The average Bonchev–Trinajstić information content (AvgIpc) is 2.61. The molecule has 1 saturated heterocycles. The highest BCUT2D eigenvalue weighted by Crippen LogP contribution is 2.55. The lowest BCUT2D eigenvalue weighted by Crippen LogP contribution is -2.67. The molecule has 1 saturated carbocycles. The summed E-state index contributed by atoms with van der Waals surface area (Å²) >= 11 is 0. The van der Waals surface area contributed by atoms with Gasteiger partial charge >= 0.3 is 0 Å². The van der Waals surface area contributed by atoms with E-state index in [2.05, 4.69) is 13.8 Å². The van der Waals surface area contributed by atoms with Crippen LogP contribution >= 0.6 is 10.7 Å². The SMILES string of the molecule is CCCN(C1C2CCOC2C1(C)C)S(=O)(=O)Cl. The number of nitrogens with zero attached hydrogens (tertiary/aromatic N) is 1.